The second-order valence-electron chi connectivity index (χ2n) is 3.69. The molecular weight excluding hydrogens is 266 g/mol. The van der Waals surface area contributed by atoms with E-state index in [1.165, 1.54) is 11.3 Å². The third-order valence-corrected chi connectivity index (χ3v) is 2.78. The molecule has 0 aromatic carbocycles. The van der Waals surface area contributed by atoms with Gasteiger partial charge >= 0.3 is 5.97 Å². The molecule has 0 saturated carbocycles. The summed E-state index contributed by atoms with van der Waals surface area (Å²) in [6, 6.07) is 0. The first-order valence-corrected chi connectivity index (χ1v) is 5.88. The maximum atomic E-state index is 10.5. The summed E-state index contributed by atoms with van der Waals surface area (Å²) < 4.78 is -0.00716. The van der Waals surface area contributed by atoms with E-state index < -0.39 is 5.97 Å². The lowest BCUT2D eigenvalue weighted by molar-refractivity contribution is -0.136. The van der Waals surface area contributed by atoms with Gasteiger partial charge in [0.15, 0.2) is 0 Å². The molecule has 0 fully saturated rings. The molecule has 3 nitrogen and oxygen atoms in total. The van der Waals surface area contributed by atoms with Crippen LogP contribution < -0.4 is 0 Å². The zero-order valence-corrected chi connectivity index (χ0v) is 10.5. The molecule has 0 unspecified atom stereocenters. The van der Waals surface area contributed by atoms with Gasteiger partial charge < -0.3 is 5.11 Å². The van der Waals surface area contributed by atoms with E-state index in [0.29, 0.717) is 5.69 Å². The monoisotopic (exact) mass is 277 g/mol. The minimum Gasteiger partial charge on any atom is -0.481 e. The Bertz CT molecular complexity index is 330. The Balaban J connectivity index is 2.77. The van der Waals surface area contributed by atoms with E-state index in [9.17, 15) is 4.79 Å². The van der Waals surface area contributed by atoms with Crippen LogP contribution in [0.5, 0.6) is 0 Å². The van der Waals surface area contributed by atoms with E-state index in [1.807, 2.05) is 0 Å². The summed E-state index contributed by atoms with van der Waals surface area (Å²) in [6.07, 6.45) is 0.822. The van der Waals surface area contributed by atoms with Crippen LogP contribution >= 0.6 is 27.3 Å². The maximum Gasteiger partial charge on any atom is 0.309 e. The Morgan fingerprint density at radius 3 is 2.86 bits per heavy atom. The van der Waals surface area contributed by atoms with E-state index in [2.05, 4.69) is 34.8 Å². The van der Waals surface area contributed by atoms with Crippen molar-refractivity contribution >= 4 is 33.2 Å². The summed E-state index contributed by atoms with van der Waals surface area (Å²) in [7, 11) is 0. The topological polar surface area (TPSA) is 50.2 Å². The Morgan fingerprint density at radius 2 is 2.36 bits per heavy atom. The first kappa shape index (κ1) is 11.7. The lowest BCUT2D eigenvalue weighted by Gasteiger charge is -2.14. The molecule has 0 amide bonds. The number of carbonyl (C=O) groups is 1. The number of aliphatic carboxylic acids is 1. The van der Waals surface area contributed by atoms with Gasteiger partial charge in [-0.2, -0.15) is 0 Å². The fourth-order valence-corrected chi connectivity index (χ4v) is 2.58. The average molecular weight is 278 g/mol. The van der Waals surface area contributed by atoms with Crippen molar-refractivity contribution in [1.82, 2.24) is 4.98 Å². The van der Waals surface area contributed by atoms with Crippen LogP contribution in [-0.4, -0.2) is 20.4 Å². The Hall–Kier alpha value is -0.420. The van der Waals surface area contributed by atoms with Crippen molar-refractivity contribution < 1.29 is 9.90 Å². The molecule has 0 aliphatic heterocycles. The molecule has 0 radical (unpaired) electrons. The number of carboxylic acid groups (broad SMARTS) is 1. The molecule has 0 aliphatic carbocycles. The summed E-state index contributed by atoms with van der Waals surface area (Å²) in [5.74, 6) is -0.829. The van der Waals surface area contributed by atoms with Gasteiger partial charge in [-0.05, 0) is 20.3 Å². The van der Waals surface area contributed by atoms with Gasteiger partial charge in [-0.25, -0.2) is 4.98 Å². The lowest BCUT2D eigenvalue weighted by Crippen LogP contribution is -2.14. The van der Waals surface area contributed by atoms with Crippen LogP contribution in [0.2, 0.25) is 0 Å². The summed E-state index contributed by atoms with van der Waals surface area (Å²) in [5, 5.41) is 8.66. The third kappa shape index (κ3) is 3.75. The molecule has 0 saturated heterocycles. The van der Waals surface area contributed by atoms with Gasteiger partial charge in [0, 0.05) is 9.20 Å². The van der Waals surface area contributed by atoms with Crippen LogP contribution in [0, 0.1) is 0 Å². The van der Waals surface area contributed by atoms with Crippen molar-refractivity contribution in [2.45, 2.75) is 31.0 Å². The average Bonchev–Trinajstić information content (AvgIpc) is 2.32. The van der Waals surface area contributed by atoms with E-state index in [1.54, 1.807) is 5.51 Å². The first-order valence-electron chi connectivity index (χ1n) is 4.20. The van der Waals surface area contributed by atoms with E-state index >= 15 is 0 Å². The largest absolute Gasteiger partial charge is 0.481 e. The summed E-state index contributed by atoms with van der Waals surface area (Å²) in [6.45, 7) is 4.11. The smallest absolute Gasteiger partial charge is 0.309 e. The summed E-state index contributed by atoms with van der Waals surface area (Å²) in [5.41, 5.74) is 2.39. The Labute approximate surface area is 95.3 Å². The molecule has 0 aliphatic rings. The Kier molecular flexibility index (Phi) is 3.66. The molecular formula is C9H12BrNO2S. The predicted octanol–water partition coefficient (Wildman–Crippen LogP) is 2.49. The molecule has 1 rings (SSSR count). The van der Waals surface area contributed by atoms with Gasteiger partial charge in [-0.3, -0.25) is 4.79 Å². The standard InChI is InChI=1S/C9H12BrNO2S/c1-9(2,10)4-7-6(3-8(12)13)11-5-14-7/h5H,3-4H2,1-2H3,(H,12,13). The van der Waals surface area contributed by atoms with Crippen LogP contribution in [0.4, 0.5) is 0 Å². The Morgan fingerprint density at radius 1 is 1.71 bits per heavy atom. The van der Waals surface area contributed by atoms with E-state index in [0.717, 1.165) is 11.3 Å². The molecule has 5 heteroatoms. The predicted molar refractivity (Wildman–Crippen MR) is 60.2 cm³/mol. The first-order chi connectivity index (χ1) is 6.38. The second-order valence-corrected chi connectivity index (χ2v) is 6.77. The minimum atomic E-state index is -0.829. The molecule has 78 valence electrons. The molecule has 1 N–H and O–H groups in total. The zero-order valence-electron chi connectivity index (χ0n) is 8.08. The van der Waals surface area contributed by atoms with Crippen molar-refractivity contribution in [3.8, 4) is 0 Å². The van der Waals surface area contributed by atoms with Crippen LogP contribution in [-0.2, 0) is 17.6 Å². The molecule has 0 atom stereocenters. The van der Waals surface area contributed by atoms with Crippen molar-refractivity contribution in [2.75, 3.05) is 0 Å². The van der Waals surface area contributed by atoms with Crippen molar-refractivity contribution in [1.29, 1.82) is 0 Å². The molecule has 1 aromatic heterocycles. The minimum absolute atomic E-state index is 0.00716. The van der Waals surface area contributed by atoms with E-state index in [4.69, 9.17) is 5.11 Å². The number of thiazole rings is 1. The highest BCUT2D eigenvalue weighted by Crippen LogP contribution is 2.26. The highest BCUT2D eigenvalue weighted by molar-refractivity contribution is 9.10. The molecule has 0 bridgehead atoms. The van der Waals surface area contributed by atoms with Gasteiger partial charge in [0.1, 0.15) is 0 Å². The fourth-order valence-electron chi connectivity index (χ4n) is 1.11. The number of carboxylic acids is 1. The summed E-state index contributed by atoms with van der Waals surface area (Å²) in [4.78, 5) is 15.6. The number of rotatable bonds is 4. The number of nitrogens with zero attached hydrogens (tertiary/aromatic N) is 1. The number of hydrogen-bond donors (Lipinski definition) is 1. The number of halogens is 1. The highest BCUT2D eigenvalue weighted by atomic mass is 79.9. The van der Waals surface area contributed by atoms with Gasteiger partial charge in [-0.1, -0.05) is 15.9 Å². The SMILES string of the molecule is CC(C)(Br)Cc1scnc1CC(=O)O. The summed E-state index contributed by atoms with van der Waals surface area (Å²) >= 11 is 5.05. The van der Waals surface area contributed by atoms with Crippen LogP contribution in [0.3, 0.4) is 0 Å². The number of hydrogen-bond acceptors (Lipinski definition) is 3. The van der Waals surface area contributed by atoms with Crippen LogP contribution in [0.1, 0.15) is 24.4 Å². The van der Waals surface area contributed by atoms with Crippen molar-refractivity contribution in [3.63, 3.8) is 0 Å². The van der Waals surface area contributed by atoms with Gasteiger partial charge in [0.05, 0.1) is 17.6 Å². The van der Waals surface area contributed by atoms with E-state index in [-0.39, 0.29) is 10.7 Å². The number of alkyl halides is 1. The van der Waals surface area contributed by atoms with Crippen LogP contribution in [0.25, 0.3) is 0 Å². The third-order valence-electron chi connectivity index (χ3n) is 1.62. The molecule has 1 aromatic rings. The maximum absolute atomic E-state index is 10.5. The molecule has 1 heterocycles. The normalized spacial score (nSPS) is 11.6. The quantitative estimate of drug-likeness (QED) is 0.861. The van der Waals surface area contributed by atoms with Gasteiger partial charge in [-0.15, -0.1) is 11.3 Å². The molecule has 14 heavy (non-hydrogen) atoms. The molecule has 0 spiro atoms. The van der Waals surface area contributed by atoms with Crippen molar-refractivity contribution in [2.24, 2.45) is 0 Å². The zero-order chi connectivity index (χ0) is 10.8. The number of aromatic nitrogens is 1. The fraction of sp³-hybridized carbons (Fsp3) is 0.556. The second kappa shape index (κ2) is 4.40. The van der Waals surface area contributed by atoms with Gasteiger partial charge in [0.2, 0.25) is 0 Å². The highest BCUT2D eigenvalue weighted by Gasteiger charge is 2.18. The lowest BCUT2D eigenvalue weighted by atomic mass is 10.1. The van der Waals surface area contributed by atoms with Crippen LogP contribution in [0.15, 0.2) is 5.51 Å². The van der Waals surface area contributed by atoms with Crippen molar-refractivity contribution in [3.05, 3.63) is 16.1 Å². The van der Waals surface area contributed by atoms with Gasteiger partial charge in [0.25, 0.3) is 0 Å².